The monoisotopic (exact) mass is 438 g/mol. The number of methoxy groups -OCH3 is 2. The van der Waals surface area contributed by atoms with Gasteiger partial charge in [-0.2, -0.15) is 5.10 Å². The lowest BCUT2D eigenvalue weighted by Crippen LogP contribution is -2.24. The average Bonchev–Trinajstić information content (AvgIpc) is 3.08. The molecule has 2 N–H and O–H groups in total. The van der Waals surface area contributed by atoms with Crippen LogP contribution >= 0.6 is 35.4 Å². The lowest BCUT2D eigenvalue weighted by molar-refractivity contribution is 0.0949. The van der Waals surface area contributed by atoms with Crippen molar-refractivity contribution in [1.82, 2.24) is 20.1 Å². The van der Waals surface area contributed by atoms with Gasteiger partial charge in [0.1, 0.15) is 0 Å². The van der Waals surface area contributed by atoms with Gasteiger partial charge in [0.2, 0.25) is 0 Å². The molecule has 0 fully saturated rings. The molecule has 0 saturated heterocycles. The topological polar surface area (TPSA) is 81.2 Å². The van der Waals surface area contributed by atoms with Crippen molar-refractivity contribution < 1.29 is 14.3 Å². The summed E-state index contributed by atoms with van der Waals surface area (Å²) in [6.07, 6.45) is 0. The SMILES string of the molecule is COc1ccc(C(=O)NCc2n[nH]c(=S)n2-c2ccc(Cl)c(Cl)c2)cc1OC. The molecule has 0 radical (unpaired) electrons. The Morgan fingerprint density at radius 3 is 2.57 bits per heavy atom. The molecule has 0 atom stereocenters. The number of halogens is 2. The zero-order valence-electron chi connectivity index (χ0n) is 15.0. The Hall–Kier alpha value is -2.55. The number of nitrogens with one attached hydrogen (secondary N) is 2. The van der Waals surface area contributed by atoms with E-state index >= 15 is 0 Å². The number of rotatable bonds is 6. The van der Waals surface area contributed by atoms with Crippen LogP contribution in [0.4, 0.5) is 0 Å². The maximum absolute atomic E-state index is 12.5. The molecule has 10 heteroatoms. The molecule has 0 saturated carbocycles. The van der Waals surface area contributed by atoms with Crippen LogP contribution in [0.1, 0.15) is 16.2 Å². The summed E-state index contributed by atoms with van der Waals surface area (Å²) < 4.78 is 12.4. The Morgan fingerprint density at radius 1 is 1.14 bits per heavy atom. The fourth-order valence-electron chi connectivity index (χ4n) is 2.58. The van der Waals surface area contributed by atoms with E-state index in [1.165, 1.54) is 14.2 Å². The first-order chi connectivity index (χ1) is 13.4. The van der Waals surface area contributed by atoms with Gasteiger partial charge >= 0.3 is 0 Å². The largest absolute Gasteiger partial charge is 0.493 e. The molecule has 1 amide bonds. The van der Waals surface area contributed by atoms with E-state index in [9.17, 15) is 4.79 Å². The van der Waals surface area contributed by atoms with E-state index in [1.807, 2.05) is 0 Å². The van der Waals surface area contributed by atoms with E-state index in [1.54, 1.807) is 41.0 Å². The van der Waals surface area contributed by atoms with Gasteiger partial charge in [0.25, 0.3) is 5.91 Å². The molecule has 0 aliphatic rings. The molecule has 0 bridgehead atoms. The summed E-state index contributed by atoms with van der Waals surface area (Å²) in [4.78, 5) is 12.5. The smallest absolute Gasteiger partial charge is 0.251 e. The standard InChI is InChI=1S/C18H16Cl2N4O3S/c1-26-14-6-3-10(7-15(14)27-2)17(25)21-9-16-22-23-18(28)24(16)11-4-5-12(19)13(20)8-11/h3-8H,9H2,1-2H3,(H,21,25)(H,23,28). The summed E-state index contributed by atoms with van der Waals surface area (Å²) in [5.41, 5.74) is 1.11. The second kappa shape index (κ2) is 8.64. The first-order valence-electron chi connectivity index (χ1n) is 8.06. The number of hydrogen-bond donors (Lipinski definition) is 2. The molecule has 3 aromatic rings. The quantitative estimate of drug-likeness (QED) is 0.564. The van der Waals surface area contributed by atoms with Gasteiger partial charge < -0.3 is 14.8 Å². The van der Waals surface area contributed by atoms with Crippen LogP contribution in [-0.2, 0) is 6.54 Å². The number of amides is 1. The zero-order valence-corrected chi connectivity index (χ0v) is 17.3. The van der Waals surface area contributed by atoms with Gasteiger partial charge in [-0.25, -0.2) is 0 Å². The van der Waals surface area contributed by atoms with Crippen LogP contribution in [0.15, 0.2) is 36.4 Å². The summed E-state index contributed by atoms with van der Waals surface area (Å²) in [7, 11) is 3.04. The molecule has 1 heterocycles. The van der Waals surface area contributed by atoms with Gasteiger partial charge in [-0.05, 0) is 48.6 Å². The first-order valence-corrected chi connectivity index (χ1v) is 9.23. The van der Waals surface area contributed by atoms with E-state index in [0.29, 0.717) is 43.4 Å². The third-order valence-corrected chi connectivity index (χ3v) is 4.97. The zero-order chi connectivity index (χ0) is 20.3. The number of nitrogens with zero attached hydrogens (tertiary/aromatic N) is 2. The molecule has 146 valence electrons. The van der Waals surface area contributed by atoms with Gasteiger partial charge in [-0.3, -0.25) is 14.5 Å². The highest BCUT2D eigenvalue weighted by Gasteiger charge is 2.14. The van der Waals surface area contributed by atoms with Crippen molar-refractivity contribution in [3.63, 3.8) is 0 Å². The second-order valence-electron chi connectivity index (χ2n) is 5.63. The van der Waals surface area contributed by atoms with E-state index in [0.717, 1.165) is 0 Å². The maximum Gasteiger partial charge on any atom is 0.251 e. The van der Waals surface area contributed by atoms with Crippen LogP contribution in [0.5, 0.6) is 11.5 Å². The highest BCUT2D eigenvalue weighted by atomic mass is 35.5. The fraction of sp³-hybridized carbons (Fsp3) is 0.167. The lowest BCUT2D eigenvalue weighted by Gasteiger charge is -2.11. The van der Waals surface area contributed by atoms with E-state index < -0.39 is 0 Å². The Bertz CT molecular complexity index is 1080. The van der Waals surface area contributed by atoms with Crippen LogP contribution < -0.4 is 14.8 Å². The van der Waals surface area contributed by atoms with Crippen molar-refractivity contribution in [1.29, 1.82) is 0 Å². The van der Waals surface area contributed by atoms with Gasteiger partial charge in [0.15, 0.2) is 22.1 Å². The number of carbonyl (C=O) groups is 1. The summed E-state index contributed by atoms with van der Waals surface area (Å²) >= 11 is 17.4. The Kier molecular flexibility index (Phi) is 6.23. The molecular formula is C18H16Cl2N4O3S. The van der Waals surface area contributed by atoms with Crippen molar-refractivity contribution in [2.75, 3.05) is 14.2 Å². The van der Waals surface area contributed by atoms with Crippen molar-refractivity contribution >= 4 is 41.3 Å². The molecule has 28 heavy (non-hydrogen) atoms. The van der Waals surface area contributed by atoms with Gasteiger partial charge in [-0.1, -0.05) is 23.2 Å². The summed E-state index contributed by atoms with van der Waals surface area (Å²) in [5.74, 6) is 1.22. The molecule has 1 aromatic heterocycles. The van der Waals surface area contributed by atoms with Crippen molar-refractivity contribution in [3.05, 3.63) is 62.6 Å². The third kappa shape index (κ3) is 4.14. The number of carbonyl (C=O) groups excluding carboxylic acids is 1. The fourth-order valence-corrected chi connectivity index (χ4v) is 3.13. The number of H-pyrrole nitrogens is 1. The molecule has 3 rings (SSSR count). The maximum atomic E-state index is 12.5. The Morgan fingerprint density at radius 2 is 1.89 bits per heavy atom. The molecule has 0 aliphatic heterocycles. The minimum absolute atomic E-state index is 0.139. The van der Waals surface area contributed by atoms with Crippen LogP contribution in [0.3, 0.4) is 0 Å². The minimum atomic E-state index is -0.296. The molecule has 7 nitrogen and oxygen atoms in total. The minimum Gasteiger partial charge on any atom is -0.493 e. The van der Waals surface area contributed by atoms with Crippen LogP contribution in [0, 0.1) is 4.77 Å². The average molecular weight is 439 g/mol. The van der Waals surface area contributed by atoms with Crippen molar-refractivity contribution in [2.24, 2.45) is 0 Å². The predicted molar refractivity (Wildman–Crippen MR) is 109 cm³/mol. The highest BCUT2D eigenvalue weighted by Crippen LogP contribution is 2.28. The number of benzene rings is 2. The third-order valence-electron chi connectivity index (χ3n) is 3.96. The summed E-state index contributed by atoms with van der Waals surface area (Å²) in [5, 5.41) is 10.5. The number of ether oxygens (including phenoxy) is 2. The lowest BCUT2D eigenvalue weighted by atomic mass is 10.2. The summed E-state index contributed by atoms with van der Waals surface area (Å²) in [6.45, 7) is 0.139. The Labute approximate surface area is 176 Å². The number of aromatic amines is 1. The first kappa shape index (κ1) is 20.2. The Balaban J connectivity index is 1.81. The number of hydrogen-bond acceptors (Lipinski definition) is 5. The highest BCUT2D eigenvalue weighted by molar-refractivity contribution is 7.71. The van der Waals surface area contributed by atoms with E-state index in [2.05, 4.69) is 15.5 Å². The predicted octanol–water partition coefficient (Wildman–Crippen LogP) is 4.18. The van der Waals surface area contributed by atoms with Gasteiger partial charge in [0, 0.05) is 5.56 Å². The van der Waals surface area contributed by atoms with E-state index in [-0.39, 0.29) is 12.5 Å². The normalized spacial score (nSPS) is 10.6. The van der Waals surface area contributed by atoms with Gasteiger partial charge in [0.05, 0.1) is 36.5 Å². The molecule has 0 unspecified atom stereocenters. The van der Waals surface area contributed by atoms with Crippen molar-refractivity contribution in [3.8, 4) is 17.2 Å². The van der Waals surface area contributed by atoms with Crippen LogP contribution in [0.25, 0.3) is 5.69 Å². The van der Waals surface area contributed by atoms with Crippen molar-refractivity contribution in [2.45, 2.75) is 6.54 Å². The number of aromatic nitrogens is 3. The second-order valence-corrected chi connectivity index (χ2v) is 6.83. The molecular weight excluding hydrogens is 423 g/mol. The summed E-state index contributed by atoms with van der Waals surface area (Å²) in [6, 6.07) is 10.0. The molecule has 2 aromatic carbocycles. The van der Waals surface area contributed by atoms with Crippen LogP contribution in [0.2, 0.25) is 10.0 Å². The van der Waals surface area contributed by atoms with E-state index in [4.69, 9.17) is 44.9 Å². The van der Waals surface area contributed by atoms with Gasteiger partial charge in [-0.15, -0.1) is 0 Å². The molecule has 0 spiro atoms. The van der Waals surface area contributed by atoms with Crippen LogP contribution in [-0.4, -0.2) is 34.9 Å². The molecule has 0 aliphatic carbocycles.